The predicted octanol–water partition coefficient (Wildman–Crippen LogP) is 5.99. The van der Waals surface area contributed by atoms with Crippen molar-refractivity contribution in [2.45, 2.75) is 37.0 Å². The van der Waals surface area contributed by atoms with Crippen LogP contribution in [0.25, 0.3) is 0 Å². The maximum Gasteiger partial charge on any atom is 0.268 e. The van der Waals surface area contributed by atoms with E-state index < -0.39 is 16.6 Å². The molecular formula is C6H10Cl4O2P2. The van der Waals surface area contributed by atoms with Gasteiger partial charge in [0.25, 0.3) is 11.7 Å². The molecule has 8 heteroatoms. The highest BCUT2D eigenvalue weighted by Gasteiger charge is 2.58. The summed E-state index contributed by atoms with van der Waals surface area (Å²) in [4.78, 5) is -1.27. The van der Waals surface area contributed by atoms with Crippen molar-refractivity contribution >= 4 is 56.7 Å². The Bertz CT molecular complexity index is 277. The molecule has 0 aliphatic heterocycles. The second kappa shape index (κ2) is 4.47. The minimum atomic E-state index is -3.58. The highest BCUT2D eigenvalue weighted by Crippen LogP contribution is 2.87. The molecule has 0 heterocycles. The van der Waals surface area contributed by atoms with Crippen LogP contribution in [0.4, 0.5) is 0 Å². The van der Waals surface area contributed by atoms with Gasteiger partial charge in [0.1, 0.15) is 4.90 Å². The van der Waals surface area contributed by atoms with Crippen molar-refractivity contribution in [3.8, 4) is 0 Å². The van der Waals surface area contributed by atoms with Gasteiger partial charge in [0.05, 0.1) is 0 Å². The van der Waals surface area contributed by atoms with Crippen LogP contribution in [-0.4, -0.2) is 4.90 Å². The van der Waals surface area contributed by atoms with Gasteiger partial charge in [-0.25, -0.2) is 0 Å². The third kappa shape index (κ3) is 2.47. The molecule has 2 nitrogen and oxygen atoms in total. The van der Waals surface area contributed by atoms with Crippen molar-refractivity contribution in [3.63, 3.8) is 0 Å². The normalized spacial score (nSPS) is 23.4. The summed E-state index contributed by atoms with van der Waals surface area (Å²) in [6, 6.07) is 0. The molecule has 0 aromatic heterocycles. The highest BCUT2D eigenvalue weighted by atomic mass is 35.9. The lowest BCUT2D eigenvalue weighted by atomic mass is 10.00. The third-order valence-corrected chi connectivity index (χ3v) is 12.4. The SMILES string of the molecule is O=P(Cl)(Cl)C1(P(=O)(Cl)Cl)CCCCC1. The monoisotopic (exact) mass is 316 g/mol. The molecule has 0 atom stereocenters. The molecule has 0 saturated heterocycles. The fourth-order valence-corrected chi connectivity index (χ4v) is 11.8. The maximum atomic E-state index is 11.7. The van der Waals surface area contributed by atoms with E-state index >= 15 is 0 Å². The summed E-state index contributed by atoms with van der Waals surface area (Å²) < 4.78 is 23.5. The maximum absolute atomic E-state index is 11.7. The first kappa shape index (κ1) is 13.7. The van der Waals surface area contributed by atoms with E-state index in [1.165, 1.54) is 0 Å². The largest absolute Gasteiger partial charge is 0.288 e. The van der Waals surface area contributed by atoms with Crippen LogP contribution in [0.15, 0.2) is 0 Å². The molecule has 0 radical (unpaired) electrons. The summed E-state index contributed by atoms with van der Waals surface area (Å²) >= 11 is 22.5. The molecule has 1 rings (SSSR count). The van der Waals surface area contributed by atoms with Crippen LogP contribution >= 0.6 is 56.7 Å². The molecule has 1 aliphatic carbocycles. The molecule has 1 saturated carbocycles. The van der Waals surface area contributed by atoms with Crippen LogP contribution in [0.5, 0.6) is 0 Å². The Kier molecular flexibility index (Phi) is 4.37. The summed E-state index contributed by atoms with van der Waals surface area (Å²) in [5.74, 6) is -7.15. The van der Waals surface area contributed by atoms with Gasteiger partial charge >= 0.3 is 0 Å². The van der Waals surface area contributed by atoms with E-state index in [4.69, 9.17) is 45.0 Å². The summed E-state index contributed by atoms with van der Waals surface area (Å²) in [5.41, 5.74) is 0. The summed E-state index contributed by atoms with van der Waals surface area (Å²) in [7, 11) is 0. The number of hydrogen-bond acceptors (Lipinski definition) is 2. The Labute approximate surface area is 103 Å². The van der Waals surface area contributed by atoms with Gasteiger partial charge in [0.2, 0.25) is 0 Å². The smallest absolute Gasteiger partial charge is 0.268 e. The standard InChI is InChI=1S/C6H10Cl4O2P2/c7-13(8,11)6(14(9,10)12)4-2-1-3-5-6/h1-5H2. The van der Waals surface area contributed by atoms with Gasteiger partial charge in [0.15, 0.2) is 0 Å². The Morgan fingerprint density at radius 2 is 1.14 bits per heavy atom. The van der Waals surface area contributed by atoms with Crippen molar-refractivity contribution in [2.24, 2.45) is 0 Å². The fourth-order valence-electron chi connectivity index (χ4n) is 1.77. The molecule has 1 fully saturated rings. The zero-order valence-electron chi connectivity index (χ0n) is 7.26. The van der Waals surface area contributed by atoms with E-state index in [1.807, 2.05) is 0 Å². The Morgan fingerprint density at radius 1 is 0.786 bits per heavy atom. The van der Waals surface area contributed by atoms with Crippen LogP contribution in [0.3, 0.4) is 0 Å². The van der Waals surface area contributed by atoms with Gasteiger partial charge in [-0.2, -0.15) is 0 Å². The minimum absolute atomic E-state index is 0.377. The second-order valence-electron chi connectivity index (χ2n) is 3.47. The van der Waals surface area contributed by atoms with Crippen molar-refractivity contribution in [2.75, 3.05) is 0 Å². The van der Waals surface area contributed by atoms with E-state index in [1.54, 1.807) is 0 Å². The van der Waals surface area contributed by atoms with E-state index in [-0.39, 0.29) is 0 Å². The van der Waals surface area contributed by atoms with Gasteiger partial charge in [-0.15, -0.1) is 0 Å². The van der Waals surface area contributed by atoms with Gasteiger partial charge in [-0.1, -0.05) is 19.3 Å². The highest BCUT2D eigenvalue weighted by molar-refractivity contribution is 8.22. The van der Waals surface area contributed by atoms with Gasteiger partial charge in [-0.3, -0.25) is 9.13 Å². The molecule has 0 aromatic carbocycles. The molecule has 0 spiro atoms. The number of hydrogen-bond donors (Lipinski definition) is 0. The van der Waals surface area contributed by atoms with Crippen LogP contribution < -0.4 is 0 Å². The van der Waals surface area contributed by atoms with Crippen molar-refractivity contribution in [3.05, 3.63) is 0 Å². The van der Waals surface area contributed by atoms with Crippen LogP contribution in [-0.2, 0) is 9.13 Å². The number of rotatable bonds is 2. The first-order valence-electron chi connectivity index (χ1n) is 4.20. The summed E-state index contributed by atoms with van der Waals surface area (Å²) in [6.07, 6.45) is 3.24. The first-order chi connectivity index (χ1) is 6.21. The van der Waals surface area contributed by atoms with E-state index in [2.05, 4.69) is 0 Å². The van der Waals surface area contributed by atoms with Crippen LogP contribution in [0, 0.1) is 0 Å². The first-order valence-corrected chi connectivity index (χ1v) is 11.2. The Balaban J connectivity index is 3.15. The lowest BCUT2D eigenvalue weighted by molar-refractivity contribution is 0.452. The van der Waals surface area contributed by atoms with Gasteiger partial charge < -0.3 is 0 Å². The molecule has 0 aromatic rings. The van der Waals surface area contributed by atoms with Gasteiger partial charge in [0, 0.05) is 0 Å². The van der Waals surface area contributed by atoms with Gasteiger partial charge in [-0.05, 0) is 57.8 Å². The molecular weight excluding hydrogens is 308 g/mol. The Morgan fingerprint density at radius 3 is 1.36 bits per heavy atom. The molecule has 1 aliphatic rings. The topological polar surface area (TPSA) is 34.1 Å². The average Bonchev–Trinajstić information content (AvgIpc) is 2.02. The second-order valence-corrected chi connectivity index (χ2v) is 14.1. The van der Waals surface area contributed by atoms with E-state index in [0.29, 0.717) is 12.8 Å². The lowest BCUT2D eigenvalue weighted by Crippen LogP contribution is -2.25. The van der Waals surface area contributed by atoms with Crippen molar-refractivity contribution in [1.82, 2.24) is 0 Å². The van der Waals surface area contributed by atoms with E-state index in [0.717, 1.165) is 19.3 Å². The molecule has 0 bridgehead atoms. The number of halogens is 4. The third-order valence-electron chi connectivity index (χ3n) is 2.62. The van der Waals surface area contributed by atoms with Crippen molar-refractivity contribution in [1.29, 1.82) is 0 Å². The quantitative estimate of drug-likeness (QED) is 0.586. The molecule has 0 amide bonds. The predicted molar refractivity (Wildman–Crippen MR) is 64.4 cm³/mol. The van der Waals surface area contributed by atoms with E-state index in [9.17, 15) is 9.13 Å². The average molecular weight is 318 g/mol. The molecule has 0 unspecified atom stereocenters. The van der Waals surface area contributed by atoms with Crippen molar-refractivity contribution < 1.29 is 9.13 Å². The molecule has 14 heavy (non-hydrogen) atoms. The summed E-state index contributed by atoms with van der Waals surface area (Å²) in [6.45, 7) is 0. The zero-order chi connectivity index (χ0) is 11.0. The summed E-state index contributed by atoms with van der Waals surface area (Å²) in [5, 5.41) is 0. The Hall–Kier alpha value is 1.62. The zero-order valence-corrected chi connectivity index (χ0v) is 12.1. The molecule has 84 valence electrons. The lowest BCUT2D eigenvalue weighted by Gasteiger charge is -2.37. The fraction of sp³-hybridized carbons (Fsp3) is 1.00. The minimum Gasteiger partial charge on any atom is -0.288 e. The molecule has 0 N–H and O–H groups in total. The van der Waals surface area contributed by atoms with Crippen LogP contribution in [0.1, 0.15) is 32.1 Å². The van der Waals surface area contributed by atoms with Crippen LogP contribution in [0.2, 0.25) is 0 Å².